The number of aliphatic carboxylic acids is 1. The molecule has 0 saturated heterocycles. The number of unbranched alkanes of at least 4 members (excludes halogenated alkanes) is 1. The average Bonchev–Trinajstić information content (AvgIpc) is 2.13. The normalized spacial score (nSPS) is 17.4. The molecular weight excluding hydrogens is 178 g/mol. The van der Waals surface area contributed by atoms with Gasteiger partial charge in [-0.2, -0.15) is 0 Å². The van der Waals surface area contributed by atoms with Gasteiger partial charge in [-0.3, -0.25) is 4.79 Å². The molecule has 0 saturated carbocycles. The van der Waals surface area contributed by atoms with Crippen molar-refractivity contribution in [2.24, 2.45) is 17.6 Å². The zero-order valence-corrected chi connectivity index (χ0v) is 9.49. The molecule has 0 aliphatic heterocycles. The van der Waals surface area contributed by atoms with Crippen molar-refractivity contribution in [3.63, 3.8) is 0 Å². The van der Waals surface area contributed by atoms with Gasteiger partial charge in [-0.05, 0) is 12.3 Å². The van der Waals surface area contributed by atoms with Gasteiger partial charge in [0.1, 0.15) is 0 Å². The minimum atomic E-state index is -0.791. The van der Waals surface area contributed by atoms with Gasteiger partial charge in [-0.1, -0.05) is 40.0 Å². The standard InChI is InChI=1S/C11H23NO2/c1-4-5-6-8(2)7-10(12)9(3)11(13)14/h8-10H,4-7,12H2,1-3H3,(H,13,14)/t8?,9?,10-/m0/s1. The van der Waals surface area contributed by atoms with E-state index in [4.69, 9.17) is 10.8 Å². The zero-order valence-electron chi connectivity index (χ0n) is 9.49. The summed E-state index contributed by atoms with van der Waals surface area (Å²) in [5, 5.41) is 8.76. The Kier molecular flexibility index (Phi) is 6.54. The van der Waals surface area contributed by atoms with Gasteiger partial charge in [0, 0.05) is 6.04 Å². The molecule has 0 aliphatic carbocycles. The molecule has 0 rings (SSSR count). The third-order valence-electron chi connectivity index (χ3n) is 2.76. The Morgan fingerprint density at radius 3 is 2.43 bits per heavy atom. The van der Waals surface area contributed by atoms with Gasteiger partial charge in [0.15, 0.2) is 0 Å². The van der Waals surface area contributed by atoms with E-state index in [0.717, 1.165) is 12.8 Å². The summed E-state index contributed by atoms with van der Waals surface area (Å²) in [5.74, 6) is -0.689. The third-order valence-corrected chi connectivity index (χ3v) is 2.76. The highest BCUT2D eigenvalue weighted by atomic mass is 16.4. The number of rotatable bonds is 7. The summed E-state index contributed by atoms with van der Waals surface area (Å²) in [4.78, 5) is 10.7. The second-order valence-electron chi connectivity index (χ2n) is 4.27. The monoisotopic (exact) mass is 201 g/mol. The first-order valence-corrected chi connectivity index (χ1v) is 5.47. The van der Waals surface area contributed by atoms with Crippen LogP contribution in [0.3, 0.4) is 0 Å². The highest BCUT2D eigenvalue weighted by Crippen LogP contribution is 2.17. The number of hydrogen-bond acceptors (Lipinski definition) is 2. The Morgan fingerprint density at radius 1 is 1.43 bits per heavy atom. The number of hydrogen-bond donors (Lipinski definition) is 2. The van der Waals surface area contributed by atoms with Gasteiger partial charge < -0.3 is 10.8 Å². The number of carboxylic acids is 1. The highest BCUT2D eigenvalue weighted by molar-refractivity contribution is 5.70. The Labute approximate surface area is 86.7 Å². The molecule has 3 N–H and O–H groups in total. The van der Waals surface area contributed by atoms with Gasteiger partial charge in [0.2, 0.25) is 0 Å². The fraction of sp³-hybridized carbons (Fsp3) is 0.909. The first kappa shape index (κ1) is 13.4. The van der Waals surface area contributed by atoms with E-state index in [1.54, 1.807) is 6.92 Å². The molecule has 0 fully saturated rings. The van der Waals surface area contributed by atoms with E-state index >= 15 is 0 Å². The molecule has 2 unspecified atom stereocenters. The fourth-order valence-corrected chi connectivity index (χ4v) is 1.52. The SMILES string of the molecule is CCCCC(C)C[C@H](N)C(C)C(=O)O. The van der Waals surface area contributed by atoms with E-state index in [2.05, 4.69) is 13.8 Å². The van der Waals surface area contributed by atoms with Crippen LogP contribution in [0.4, 0.5) is 0 Å². The van der Waals surface area contributed by atoms with Crippen LogP contribution in [0.15, 0.2) is 0 Å². The molecule has 0 aliphatic rings. The van der Waals surface area contributed by atoms with Crippen LogP contribution >= 0.6 is 0 Å². The predicted molar refractivity (Wildman–Crippen MR) is 58.1 cm³/mol. The Balaban J connectivity index is 3.80. The molecule has 0 amide bonds. The summed E-state index contributed by atoms with van der Waals surface area (Å²) in [5.41, 5.74) is 5.81. The number of nitrogens with two attached hydrogens (primary N) is 1. The van der Waals surface area contributed by atoms with Crippen LogP contribution in [0.1, 0.15) is 46.5 Å². The van der Waals surface area contributed by atoms with Crippen LogP contribution in [0.25, 0.3) is 0 Å². The lowest BCUT2D eigenvalue weighted by Gasteiger charge is -2.20. The molecule has 0 spiro atoms. The molecule has 0 heterocycles. The minimum absolute atomic E-state index is 0.209. The van der Waals surface area contributed by atoms with E-state index in [0.29, 0.717) is 5.92 Å². The van der Waals surface area contributed by atoms with Crippen LogP contribution in [-0.4, -0.2) is 17.1 Å². The van der Waals surface area contributed by atoms with E-state index in [9.17, 15) is 4.79 Å². The van der Waals surface area contributed by atoms with Gasteiger partial charge in [0.05, 0.1) is 5.92 Å². The van der Waals surface area contributed by atoms with Gasteiger partial charge in [-0.15, -0.1) is 0 Å². The average molecular weight is 201 g/mol. The molecule has 0 bridgehead atoms. The quantitative estimate of drug-likeness (QED) is 0.664. The van der Waals surface area contributed by atoms with Crippen molar-refractivity contribution in [2.45, 2.75) is 52.5 Å². The molecule has 3 nitrogen and oxygen atoms in total. The van der Waals surface area contributed by atoms with Crippen molar-refractivity contribution in [3.05, 3.63) is 0 Å². The summed E-state index contributed by atoms with van der Waals surface area (Å²) in [6, 6.07) is -0.209. The molecule has 14 heavy (non-hydrogen) atoms. The predicted octanol–water partition coefficient (Wildman–Crippen LogP) is 2.25. The molecule has 3 heteroatoms. The molecule has 3 atom stereocenters. The van der Waals surface area contributed by atoms with Crippen molar-refractivity contribution >= 4 is 5.97 Å². The summed E-state index contributed by atoms with van der Waals surface area (Å²) in [6.45, 7) is 5.98. The molecular formula is C11H23NO2. The van der Waals surface area contributed by atoms with Crippen molar-refractivity contribution in [3.8, 4) is 0 Å². The maximum atomic E-state index is 10.7. The Hall–Kier alpha value is -0.570. The largest absolute Gasteiger partial charge is 0.481 e. The number of carbonyl (C=O) groups is 1. The van der Waals surface area contributed by atoms with E-state index in [-0.39, 0.29) is 6.04 Å². The van der Waals surface area contributed by atoms with Crippen LogP contribution in [0.5, 0.6) is 0 Å². The lowest BCUT2D eigenvalue weighted by molar-refractivity contribution is -0.141. The lowest BCUT2D eigenvalue weighted by Crippen LogP contribution is -2.34. The maximum absolute atomic E-state index is 10.7. The van der Waals surface area contributed by atoms with Gasteiger partial charge >= 0.3 is 5.97 Å². The van der Waals surface area contributed by atoms with Crippen molar-refractivity contribution in [1.29, 1.82) is 0 Å². The fourth-order valence-electron chi connectivity index (χ4n) is 1.52. The molecule has 0 aromatic carbocycles. The van der Waals surface area contributed by atoms with Crippen molar-refractivity contribution in [2.75, 3.05) is 0 Å². The Morgan fingerprint density at radius 2 is 2.00 bits per heavy atom. The van der Waals surface area contributed by atoms with Crippen LogP contribution in [0, 0.1) is 11.8 Å². The van der Waals surface area contributed by atoms with E-state index in [1.807, 2.05) is 0 Å². The minimum Gasteiger partial charge on any atom is -0.481 e. The summed E-state index contributed by atoms with van der Waals surface area (Å²) in [6.07, 6.45) is 4.35. The Bertz CT molecular complexity index is 171. The summed E-state index contributed by atoms with van der Waals surface area (Å²) >= 11 is 0. The summed E-state index contributed by atoms with van der Waals surface area (Å²) in [7, 11) is 0. The van der Waals surface area contributed by atoms with Crippen LogP contribution in [-0.2, 0) is 4.79 Å². The van der Waals surface area contributed by atoms with E-state index in [1.165, 1.54) is 12.8 Å². The highest BCUT2D eigenvalue weighted by Gasteiger charge is 2.21. The zero-order chi connectivity index (χ0) is 11.1. The molecule has 0 aromatic rings. The maximum Gasteiger partial charge on any atom is 0.307 e. The number of carboxylic acid groups (broad SMARTS) is 1. The first-order valence-electron chi connectivity index (χ1n) is 5.47. The molecule has 0 radical (unpaired) electrons. The topological polar surface area (TPSA) is 63.3 Å². The van der Waals surface area contributed by atoms with E-state index < -0.39 is 11.9 Å². The van der Waals surface area contributed by atoms with Crippen LogP contribution < -0.4 is 5.73 Å². The van der Waals surface area contributed by atoms with Crippen LogP contribution in [0.2, 0.25) is 0 Å². The van der Waals surface area contributed by atoms with Gasteiger partial charge in [0.25, 0.3) is 0 Å². The third kappa shape index (κ3) is 5.22. The second kappa shape index (κ2) is 6.82. The second-order valence-corrected chi connectivity index (χ2v) is 4.27. The first-order chi connectivity index (χ1) is 6.49. The molecule has 0 aromatic heterocycles. The summed E-state index contributed by atoms with van der Waals surface area (Å²) < 4.78 is 0. The van der Waals surface area contributed by atoms with Crippen molar-refractivity contribution < 1.29 is 9.90 Å². The molecule has 84 valence electrons. The lowest BCUT2D eigenvalue weighted by atomic mass is 9.90. The van der Waals surface area contributed by atoms with Gasteiger partial charge in [-0.25, -0.2) is 0 Å². The smallest absolute Gasteiger partial charge is 0.307 e. The van der Waals surface area contributed by atoms with Crippen molar-refractivity contribution in [1.82, 2.24) is 0 Å².